The number of carbonyl (C=O) groups is 1. The van der Waals surface area contributed by atoms with Gasteiger partial charge in [0.2, 0.25) is 5.91 Å². The zero-order valence-corrected chi connectivity index (χ0v) is 17.0. The number of nitrogens with zero attached hydrogens (tertiary/aromatic N) is 2. The molecule has 0 saturated carbocycles. The Labute approximate surface area is 156 Å². The van der Waals surface area contributed by atoms with Crippen LogP contribution in [0.2, 0.25) is 0 Å². The maximum Gasteiger partial charge on any atom is 0.264 e. The molecule has 0 aliphatic carbocycles. The van der Waals surface area contributed by atoms with Crippen LogP contribution in [0.15, 0.2) is 53.4 Å². The second kappa shape index (κ2) is 7.11. The molecule has 0 aliphatic rings. The van der Waals surface area contributed by atoms with Gasteiger partial charge in [0.25, 0.3) is 10.0 Å². The first-order valence-corrected chi connectivity index (χ1v) is 9.82. The molecule has 2 aromatic carbocycles. The van der Waals surface area contributed by atoms with Crippen LogP contribution in [0.5, 0.6) is 0 Å². The van der Waals surface area contributed by atoms with Crippen molar-refractivity contribution in [2.45, 2.75) is 38.0 Å². The van der Waals surface area contributed by atoms with Crippen molar-refractivity contribution in [3.63, 3.8) is 0 Å². The van der Waals surface area contributed by atoms with Gasteiger partial charge < -0.3 is 4.90 Å². The molecular formula is C20H26N2O3S. The minimum absolute atomic E-state index is 0.0350. The van der Waals surface area contributed by atoms with E-state index < -0.39 is 10.0 Å². The van der Waals surface area contributed by atoms with Gasteiger partial charge in [-0.15, -0.1) is 0 Å². The molecule has 5 nitrogen and oxygen atoms in total. The highest BCUT2D eigenvalue weighted by Crippen LogP contribution is 2.27. The van der Waals surface area contributed by atoms with E-state index in [-0.39, 0.29) is 16.2 Å². The lowest BCUT2D eigenvalue weighted by atomic mass is 9.87. The molecule has 0 heterocycles. The minimum Gasteiger partial charge on any atom is -0.316 e. The van der Waals surface area contributed by atoms with E-state index in [0.29, 0.717) is 11.4 Å². The average molecular weight is 375 g/mol. The van der Waals surface area contributed by atoms with E-state index in [0.717, 1.165) is 5.56 Å². The normalized spacial score (nSPS) is 11.9. The van der Waals surface area contributed by atoms with E-state index in [9.17, 15) is 13.2 Å². The molecular weight excluding hydrogens is 348 g/mol. The third-order valence-electron chi connectivity index (χ3n) is 4.45. The summed E-state index contributed by atoms with van der Waals surface area (Å²) < 4.78 is 27.0. The van der Waals surface area contributed by atoms with Gasteiger partial charge in [0.15, 0.2) is 0 Å². The number of rotatable bonds is 4. The highest BCUT2D eigenvalue weighted by Gasteiger charge is 2.22. The molecule has 0 unspecified atom stereocenters. The minimum atomic E-state index is -3.65. The van der Waals surface area contributed by atoms with E-state index in [2.05, 4.69) is 20.8 Å². The summed E-state index contributed by atoms with van der Waals surface area (Å²) in [4.78, 5) is 13.2. The van der Waals surface area contributed by atoms with E-state index in [1.807, 2.05) is 12.1 Å². The van der Waals surface area contributed by atoms with Gasteiger partial charge in [0.1, 0.15) is 0 Å². The van der Waals surface area contributed by atoms with Crippen LogP contribution in [0, 0.1) is 0 Å². The first-order chi connectivity index (χ1) is 11.9. The summed E-state index contributed by atoms with van der Waals surface area (Å²) >= 11 is 0. The molecule has 0 atom stereocenters. The van der Waals surface area contributed by atoms with Crippen LogP contribution in [0.25, 0.3) is 0 Å². The smallest absolute Gasteiger partial charge is 0.264 e. The number of hydrogen-bond donors (Lipinski definition) is 0. The predicted octanol–water partition coefficient (Wildman–Crippen LogP) is 3.79. The second-order valence-corrected chi connectivity index (χ2v) is 9.31. The van der Waals surface area contributed by atoms with Crippen molar-refractivity contribution in [3.8, 4) is 0 Å². The molecule has 2 aromatic rings. The van der Waals surface area contributed by atoms with E-state index >= 15 is 0 Å². The molecule has 0 saturated heterocycles. The molecule has 0 N–H and O–H groups in total. The Balaban J connectivity index is 2.30. The zero-order chi connectivity index (χ0) is 19.7. The van der Waals surface area contributed by atoms with Crippen molar-refractivity contribution >= 4 is 27.3 Å². The van der Waals surface area contributed by atoms with Crippen LogP contribution in [-0.2, 0) is 20.2 Å². The van der Waals surface area contributed by atoms with E-state index in [1.54, 1.807) is 43.4 Å². The Morgan fingerprint density at radius 3 is 1.73 bits per heavy atom. The standard InChI is InChI=1S/C20H26N2O3S/c1-15(23)21(5)17-9-11-18(12-10-17)22(6)26(24,25)19-13-7-16(8-14-19)20(2,3)4/h7-14H,1-6H3. The summed E-state index contributed by atoms with van der Waals surface area (Å²) in [5.41, 5.74) is 2.29. The fourth-order valence-electron chi connectivity index (χ4n) is 2.49. The summed E-state index contributed by atoms with van der Waals surface area (Å²) in [5.74, 6) is -0.0855. The van der Waals surface area contributed by atoms with Gasteiger partial charge in [-0.3, -0.25) is 9.10 Å². The van der Waals surface area contributed by atoms with Crippen LogP contribution >= 0.6 is 0 Å². The topological polar surface area (TPSA) is 57.7 Å². The monoisotopic (exact) mass is 374 g/mol. The molecule has 6 heteroatoms. The Morgan fingerprint density at radius 2 is 1.31 bits per heavy atom. The lowest BCUT2D eigenvalue weighted by Crippen LogP contribution is -2.27. The number of benzene rings is 2. The Kier molecular flexibility index (Phi) is 5.47. The largest absolute Gasteiger partial charge is 0.316 e. The predicted molar refractivity (Wildman–Crippen MR) is 106 cm³/mol. The summed E-state index contributed by atoms with van der Waals surface area (Å²) in [6.45, 7) is 7.73. The number of carbonyl (C=O) groups excluding carboxylic acids is 1. The molecule has 2 rings (SSSR count). The van der Waals surface area contributed by atoms with E-state index in [1.165, 1.54) is 23.2 Å². The highest BCUT2D eigenvalue weighted by atomic mass is 32.2. The first-order valence-electron chi connectivity index (χ1n) is 8.38. The number of anilines is 2. The van der Waals surface area contributed by atoms with Gasteiger partial charge in [-0.05, 0) is 47.4 Å². The highest BCUT2D eigenvalue weighted by molar-refractivity contribution is 7.92. The van der Waals surface area contributed by atoms with Crippen LogP contribution < -0.4 is 9.21 Å². The molecule has 0 fully saturated rings. The van der Waals surface area contributed by atoms with Gasteiger partial charge >= 0.3 is 0 Å². The third kappa shape index (κ3) is 4.07. The summed E-state index contributed by atoms with van der Waals surface area (Å²) in [6.07, 6.45) is 0. The summed E-state index contributed by atoms with van der Waals surface area (Å²) in [5, 5.41) is 0. The van der Waals surface area contributed by atoms with Crippen LogP contribution in [0.3, 0.4) is 0 Å². The molecule has 140 valence electrons. The van der Waals surface area contributed by atoms with Gasteiger partial charge in [0, 0.05) is 26.7 Å². The Hall–Kier alpha value is -2.34. The quantitative estimate of drug-likeness (QED) is 0.818. The molecule has 26 heavy (non-hydrogen) atoms. The maximum atomic E-state index is 12.9. The molecule has 0 bridgehead atoms. The van der Waals surface area contributed by atoms with Gasteiger partial charge in [-0.1, -0.05) is 32.9 Å². The van der Waals surface area contributed by atoms with Crippen LogP contribution in [-0.4, -0.2) is 28.4 Å². The molecule has 0 radical (unpaired) electrons. The van der Waals surface area contributed by atoms with Crippen LogP contribution in [0.4, 0.5) is 11.4 Å². The van der Waals surface area contributed by atoms with Crippen LogP contribution in [0.1, 0.15) is 33.3 Å². The first kappa shape index (κ1) is 20.0. The fourth-order valence-corrected chi connectivity index (χ4v) is 3.69. The van der Waals surface area contributed by atoms with Crippen molar-refractivity contribution in [2.75, 3.05) is 23.3 Å². The van der Waals surface area contributed by atoms with Crippen molar-refractivity contribution in [3.05, 3.63) is 54.1 Å². The lowest BCUT2D eigenvalue weighted by molar-refractivity contribution is -0.116. The molecule has 0 aromatic heterocycles. The molecule has 0 spiro atoms. The van der Waals surface area contributed by atoms with E-state index in [4.69, 9.17) is 0 Å². The summed E-state index contributed by atoms with van der Waals surface area (Å²) in [7, 11) is -0.451. The molecule has 1 amide bonds. The van der Waals surface area contributed by atoms with Crippen molar-refractivity contribution in [1.82, 2.24) is 0 Å². The average Bonchev–Trinajstić information content (AvgIpc) is 2.59. The second-order valence-electron chi connectivity index (χ2n) is 7.34. The van der Waals surface area contributed by atoms with Crippen molar-refractivity contribution in [2.24, 2.45) is 0 Å². The third-order valence-corrected chi connectivity index (χ3v) is 6.25. The van der Waals surface area contributed by atoms with Gasteiger partial charge in [-0.25, -0.2) is 8.42 Å². The maximum absolute atomic E-state index is 12.9. The Morgan fingerprint density at radius 1 is 0.846 bits per heavy atom. The summed E-state index contributed by atoms with van der Waals surface area (Å²) in [6, 6.07) is 13.8. The SMILES string of the molecule is CC(=O)N(C)c1ccc(N(C)S(=O)(=O)c2ccc(C(C)(C)C)cc2)cc1. The number of hydrogen-bond acceptors (Lipinski definition) is 3. The molecule has 0 aliphatic heterocycles. The van der Waals surface area contributed by atoms with Crippen molar-refractivity contribution < 1.29 is 13.2 Å². The Bertz CT molecular complexity index is 880. The van der Waals surface area contributed by atoms with Gasteiger partial charge in [0.05, 0.1) is 10.6 Å². The number of sulfonamides is 1. The fraction of sp³-hybridized carbons (Fsp3) is 0.350. The van der Waals surface area contributed by atoms with Crippen molar-refractivity contribution in [1.29, 1.82) is 0 Å². The number of amides is 1. The lowest BCUT2D eigenvalue weighted by Gasteiger charge is -2.22. The zero-order valence-electron chi connectivity index (χ0n) is 16.1. The van der Waals surface area contributed by atoms with Gasteiger partial charge in [-0.2, -0.15) is 0 Å².